The molecule has 1 saturated heterocycles. The average Bonchev–Trinajstić information content (AvgIpc) is 2.68. The molecule has 0 saturated carbocycles. The van der Waals surface area contributed by atoms with E-state index in [0.29, 0.717) is 38.3 Å². The number of benzene rings is 2. The highest BCUT2D eigenvalue weighted by Crippen LogP contribution is 2.31. The Hall–Kier alpha value is -2.54. The van der Waals surface area contributed by atoms with Crippen molar-refractivity contribution in [2.75, 3.05) is 31.1 Å². The number of amides is 1. The van der Waals surface area contributed by atoms with Gasteiger partial charge in [-0.3, -0.25) is 4.79 Å². The molecule has 1 atom stereocenters. The van der Waals surface area contributed by atoms with Crippen LogP contribution in [0, 0.1) is 0 Å². The van der Waals surface area contributed by atoms with Gasteiger partial charge in [0.2, 0.25) is 5.91 Å². The maximum atomic E-state index is 12.9. The average molecular weight is 377 g/mol. The monoisotopic (exact) mass is 377 g/mol. The molecule has 1 aliphatic heterocycles. The van der Waals surface area contributed by atoms with Gasteiger partial charge >= 0.3 is 6.18 Å². The first-order valence-electron chi connectivity index (χ1n) is 8.85. The molecule has 0 spiro atoms. The second-order valence-electron chi connectivity index (χ2n) is 6.66. The van der Waals surface area contributed by atoms with Crippen LogP contribution in [0.2, 0.25) is 0 Å². The molecule has 1 amide bonds. The van der Waals surface area contributed by atoms with E-state index >= 15 is 0 Å². The lowest BCUT2D eigenvalue weighted by molar-refractivity contribution is -0.137. The van der Waals surface area contributed by atoms with Crippen LogP contribution >= 0.6 is 0 Å². The minimum atomic E-state index is -4.36. The van der Waals surface area contributed by atoms with Crippen LogP contribution in [0.4, 0.5) is 18.9 Å². The van der Waals surface area contributed by atoms with E-state index in [9.17, 15) is 18.0 Å². The van der Waals surface area contributed by atoms with Gasteiger partial charge in [-0.2, -0.15) is 13.2 Å². The Morgan fingerprint density at radius 2 is 1.67 bits per heavy atom. The Labute approximate surface area is 156 Å². The van der Waals surface area contributed by atoms with Crippen LogP contribution in [-0.4, -0.2) is 43.0 Å². The van der Waals surface area contributed by atoms with E-state index < -0.39 is 17.8 Å². The summed E-state index contributed by atoms with van der Waals surface area (Å²) in [7, 11) is 0. The van der Waals surface area contributed by atoms with Gasteiger partial charge in [-0.05, 0) is 30.2 Å². The molecule has 1 fully saturated rings. The first-order chi connectivity index (χ1) is 12.8. The van der Waals surface area contributed by atoms with Crippen LogP contribution in [0.5, 0.6) is 0 Å². The third-order valence-corrected chi connectivity index (χ3v) is 4.75. The molecule has 1 heterocycles. The molecule has 4 nitrogen and oxygen atoms in total. The largest absolute Gasteiger partial charge is 0.416 e. The Balaban J connectivity index is 1.58. The van der Waals surface area contributed by atoms with Crippen LogP contribution < -0.4 is 10.6 Å². The highest BCUT2D eigenvalue weighted by Gasteiger charge is 2.31. The van der Waals surface area contributed by atoms with Crippen molar-refractivity contribution in [2.24, 2.45) is 5.73 Å². The molecule has 3 rings (SSSR count). The summed E-state index contributed by atoms with van der Waals surface area (Å²) >= 11 is 0. The van der Waals surface area contributed by atoms with E-state index in [1.54, 1.807) is 11.0 Å². The third-order valence-electron chi connectivity index (χ3n) is 4.75. The maximum Gasteiger partial charge on any atom is 0.416 e. The summed E-state index contributed by atoms with van der Waals surface area (Å²) in [6.07, 6.45) is -3.90. The van der Waals surface area contributed by atoms with Gasteiger partial charge in [0.25, 0.3) is 0 Å². The van der Waals surface area contributed by atoms with Crippen molar-refractivity contribution < 1.29 is 18.0 Å². The van der Waals surface area contributed by atoms with E-state index in [2.05, 4.69) is 0 Å². The Morgan fingerprint density at radius 3 is 2.30 bits per heavy atom. The van der Waals surface area contributed by atoms with Gasteiger partial charge in [-0.25, -0.2) is 0 Å². The summed E-state index contributed by atoms with van der Waals surface area (Å²) in [4.78, 5) is 16.1. The lowest BCUT2D eigenvalue weighted by atomic mass is 10.1. The molecule has 0 bridgehead atoms. The summed E-state index contributed by atoms with van der Waals surface area (Å²) in [5, 5.41) is 0. The van der Waals surface area contributed by atoms with Crippen LogP contribution in [0.1, 0.15) is 11.1 Å². The number of carbonyl (C=O) groups is 1. The van der Waals surface area contributed by atoms with Crippen molar-refractivity contribution in [3.05, 3.63) is 65.7 Å². The first kappa shape index (κ1) is 19.2. The van der Waals surface area contributed by atoms with E-state index in [1.807, 2.05) is 35.2 Å². The first-order valence-corrected chi connectivity index (χ1v) is 8.85. The number of nitrogens with zero attached hydrogens (tertiary/aromatic N) is 2. The fourth-order valence-corrected chi connectivity index (χ4v) is 3.25. The number of hydrogen-bond donors (Lipinski definition) is 1. The Morgan fingerprint density at radius 1 is 1.00 bits per heavy atom. The molecule has 1 aliphatic rings. The molecule has 0 aliphatic carbocycles. The Kier molecular flexibility index (Phi) is 5.70. The highest BCUT2D eigenvalue weighted by atomic mass is 19.4. The fourth-order valence-electron chi connectivity index (χ4n) is 3.25. The number of nitrogens with two attached hydrogens (primary N) is 1. The van der Waals surface area contributed by atoms with Crippen molar-refractivity contribution in [2.45, 2.75) is 18.6 Å². The minimum Gasteiger partial charge on any atom is -0.368 e. The van der Waals surface area contributed by atoms with E-state index in [1.165, 1.54) is 6.07 Å². The maximum absolute atomic E-state index is 12.9. The summed E-state index contributed by atoms with van der Waals surface area (Å²) < 4.78 is 38.7. The number of halogens is 3. The quantitative estimate of drug-likeness (QED) is 0.891. The minimum absolute atomic E-state index is 0.123. The predicted octanol–water partition coefficient (Wildman–Crippen LogP) is 2.92. The Bertz CT molecular complexity index is 772. The van der Waals surface area contributed by atoms with E-state index in [-0.39, 0.29) is 5.91 Å². The molecule has 7 heteroatoms. The van der Waals surface area contributed by atoms with E-state index in [0.717, 1.165) is 17.7 Å². The van der Waals surface area contributed by atoms with Gasteiger partial charge in [-0.15, -0.1) is 0 Å². The molecule has 144 valence electrons. The SMILES string of the molecule is NC(Cc1ccccc1)C(=O)N1CCN(c2cccc(C(F)(F)F)c2)CC1. The number of rotatable bonds is 4. The zero-order valence-corrected chi connectivity index (χ0v) is 14.8. The molecule has 0 aromatic heterocycles. The van der Waals surface area contributed by atoms with E-state index in [4.69, 9.17) is 5.73 Å². The molecule has 1 unspecified atom stereocenters. The van der Waals surface area contributed by atoms with Crippen molar-refractivity contribution in [3.63, 3.8) is 0 Å². The van der Waals surface area contributed by atoms with Crippen molar-refractivity contribution in [1.82, 2.24) is 4.90 Å². The van der Waals surface area contributed by atoms with Crippen LogP contribution in [0.3, 0.4) is 0 Å². The van der Waals surface area contributed by atoms with Crippen molar-refractivity contribution in [1.29, 1.82) is 0 Å². The molecule has 27 heavy (non-hydrogen) atoms. The third kappa shape index (κ3) is 4.80. The zero-order chi connectivity index (χ0) is 19.4. The number of hydrogen-bond acceptors (Lipinski definition) is 3. The standard InChI is InChI=1S/C20H22F3N3O/c21-20(22,23)16-7-4-8-17(14-16)25-9-11-26(12-10-25)19(27)18(24)13-15-5-2-1-3-6-15/h1-8,14,18H,9-13,24H2. The number of piperazine rings is 1. The second kappa shape index (κ2) is 8.00. The zero-order valence-electron chi connectivity index (χ0n) is 14.8. The molecule has 0 radical (unpaired) electrons. The van der Waals surface area contributed by atoms with Gasteiger partial charge in [0.1, 0.15) is 0 Å². The van der Waals surface area contributed by atoms with Crippen molar-refractivity contribution in [3.8, 4) is 0 Å². The molecular weight excluding hydrogens is 355 g/mol. The second-order valence-corrected chi connectivity index (χ2v) is 6.66. The van der Waals surface area contributed by atoms with Crippen molar-refractivity contribution >= 4 is 11.6 Å². The summed E-state index contributed by atoms with van der Waals surface area (Å²) in [6.45, 7) is 1.84. The topological polar surface area (TPSA) is 49.6 Å². The van der Waals surface area contributed by atoms with Gasteiger partial charge < -0.3 is 15.5 Å². The summed E-state index contributed by atoms with van der Waals surface area (Å²) in [6, 6.07) is 14.2. The predicted molar refractivity (Wildman–Crippen MR) is 98.4 cm³/mol. The lowest BCUT2D eigenvalue weighted by Crippen LogP contribution is -2.53. The number of anilines is 1. The van der Waals surface area contributed by atoms with Crippen LogP contribution in [-0.2, 0) is 17.4 Å². The van der Waals surface area contributed by atoms with Crippen LogP contribution in [0.15, 0.2) is 54.6 Å². The van der Waals surface area contributed by atoms with Gasteiger partial charge in [-0.1, -0.05) is 36.4 Å². The van der Waals surface area contributed by atoms with Gasteiger partial charge in [0, 0.05) is 31.9 Å². The van der Waals surface area contributed by atoms with Gasteiger partial charge in [0.05, 0.1) is 11.6 Å². The van der Waals surface area contributed by atoms with Gasteiger partial charge in [0.15, 0.2) is 0 Å². The summed E-state index contributed by atoms with van der Waals surface area (Å²) in [5.41, 5.74) is 6.92. The molecule has 2 aromatic carbocycles. The molecular formula is C20H22F3N3O. The fraction of sp³-hybridized carbons (Fsp3) is 0.350. The molecule has 2 N–H and O–H groups in total. The van der Waals surface area contributed by atoms with Crippen LogP contribution in [0.25, 0.3) is 0 Å². The normalized spacial score (nSPS) is 16.3. The number of carbonyl (C=O) groups excluding carboxylic acids is 1. The summed E-state index contributed by atoms with van der Waals surface area (Å²) in [5.74, 6) is -0.123. The smallest absolute Gasteiger partial charge is 0.368 e. The lowest BCUT2D eigenvalue weighted by Gasteiger charge is -2.37. The number of alkyl halides is 3. The highest BCUT2D eigenvalue weighted by molar-refractivity contribution is 5.82. The molecule has 2 aromatic rings.